The van der Waals surface area contributed by atoms with Crippen molar-refractivity contribution in [1.82, 2.24) is 25.1 Å². The number of hydrogen-bond acceptors (Lipinski definition) is 4. The molecule has 1 unspecified atom stereocenters. The Kier molecular flexibility index (Phi) is 6.87. The predicted octanol–water partition coefficient (Wildman–Crippen LogP) is 2.42. The van der Waals surface area contributed by atoms with Gasteiger partial charge in [-0.25, -0.2) is 9.37 Å². The van der Waals surface area contributed by atoms with Gasteiger partial charge in [-0.3, -0.25) is 9.59 Å². The maximum atomic E-state index is 13.4. The molecular weight excluding hydrogens is 385 g/mol. The molecule has 0 bridgehead atoms. The summed E-state index contributed by atoms with van der Waals surface area (Å²) in [5.41, 5.74) is 1.89. The van der Waals surface area contributed by atoms with Gasteiger partial charge in [0.25, 0.3) is 5.91 Å². The molecule has 1 aromatic heterocycles. The number of amides is 2. The quantitative estimate of drug-likeness (QED) is 0.760. The Morgan fingerprint density at radius 2 is 1.90 bits per heavy atom. The van der Waals surface area contributed by atoms with E-state index < -0.39 is 6.04 Å². The van der Waals surface area contributed by atoms with Crippen LogP contribution in [0.25, 0.3) is 11.4 Å². The summed E-state index contributed by atoms with van der Waals surface area (Å²) < 4.78 is 15.5. The van der Waals surface area contributed by atoms with Crippen LogP contribution in [0.5, 0.6) is 0 Å². The Bertz CT molecular complexity index is 907. The fourth-order valence-electron chi connectivity index (χ4n) is 3.83. The summed E-state index contributed by atoms with van der Waals surface area (Å²) in [6.07, 6.45) is 1.45. The number of nitrogens with one attached hydrogen (secondary N) is 2. The van der Waals surface area contributed by atoms with Crippen LogP contribution in [0.15, 0.2) is 24.3 Å². The summed E-state index contributed by atoms with van der Waals surface area (Å²) >= 11 is 0. The predicted molar refractivity (Wildman–Crippen MR) is 113 cm³/mol. The van der Waals surface area contributed by atoms with Gasteiger partial charge in [-0.1, -0.05) is 13.8 Å². The van der Waals surface area contributed by atoms with Crippen molar-refractivity contribution in [3.63, 3.8) is 0 Å². The van der Waals surface area contributed by atoms with E-state index in [1.54, 1.807) is 19.2 Å². The number of carbonyl (C=O) groups excluding carboxylic acids is 2. The molecule has 1 aromatic carbocycles. The van der Waals surface area contributed by atoms with Gasteiger partial charge >= 0.3 is 0 Å². The maximum absolute atomic E-state index is 13.4. The van der Waals surface area contributed by atoms with Crippen LogP contribution < -0.4 is 10.6 Å². The van der Waals surface area contributed by atoms with Crippen molar-refractivity contribution in [1.29, 1.82) is 0 Å². The van der Waals surface area contributed by atoms with Gasteiger partial charge in [-0.2, -0.15) is 0 Å². The first-order chi connectivity index (χ1) is 14.3. The summed E-state index contributed by atoms with van der Waals surface area (Å²) in [6.45, 7) is 6.21. The molecule has 2 N–H and O–H groups in total. The van der Waals surface area contributed by atoms with Crippen molar-refractivity contribution in [2.45, 2.75) is 45.8 Å². The van der Waals surface area contributed by atoms with Crippen molar-refractivity contribution >= 4 is 11.8 Å². The summed E-state index contributed by atoms with van der Waals surface area (Å²) in [7, 11) is 3.57. The molecule has 30 heavy (non-hydrogen) atoms. The van der Waals surface area contributed by atoms with Crippen LogP contribution in [-0.2, 0) is 17.9 Å². The minimum absolute atomic E-state index is 0.224. The molecule has 1 atom stereocenters. The molecule has 0 radical (unpaired) electrons. The van der Waals surface area contributed by atoms with Crippen molar-refractivity contribution < 1.29 is 14.0 Å². The van der Waals surface area contributed by atoms with Crippen molar-refractivity contribution in [3.05, 3.63) is 41.5 Å². The molecule has 1 aliphatic rings. The van der Waals surface area contributed by atoms with E-state index in [4.69, 9.17) is 0 Å². The molecule has 8 heteroatoms. The topological polar surface area (TPSA) is 79.3 Å². The zero-order valence-corrected chi connectivity index (χ0v) is 18.0. The van der Waals surface area contributed by atoms with Crippen LogP contribution in [0.2, 0.25) is 0 Å². The van der Waals surface area contributed by atoms with E-state index in [2.05, 4.69) is 20.5 Å². The van der Waals surface area contributed by atoms with Crippen LogP contribution in [0.4, 0.5) is 4.39 Å². The largest absolute Gasteiger partial charge is 0.357 e. The number of fused-ring (bicyclic) bond motifs is 1. The zero-order valence-electron chi connectivity index (χ0n) is 18.0. The lowest BCUT2D eigenvalue weighted by atomic mass is 10.0. The smallest absolute Gasteiger partial charge is 0.272 e. The Morgan fingerprint density at radius 1 is 1.20 bits per heavy atom. The van der Waals surface area contributed by atoms with Gasteiger partial charge in [0.2, 0.25) is 5.91 Å². The third kappa shape index (κ3) is 4.87. The minimum atomic E-state index is -0.627. The summed E-state index contributed by atoms with van der Waals surface area (Å²) in [5.74, 6) is -0.0190. The van der Waals surface area contributed by atoms with Crippen LogP contribution >= 0.6 is 0 Å². The number of halogens is 1. The zero-order chi connectivity index (χ0) is 21.8. The Labute approximate surface area is 176 Å². The lowest BCUT2D eigenvalue weighted by molar-refractivity contribution is -0.122. The van der Waals surface area contributed by atoms with E-state index in [0.717, 1.165) is 30.8 Å². The molecule has 0 spiro atoms. The standard InChI is InChI=1S/C22H30FN5O2/c1-14(2)12-17(21(29)24-3)25-22(30)19-18-13-27(4)10-5-11-28(18)20(26-19)15-6-8-16(23)9-7-15/h6-9,14,17H,5,10-13H2,1-4H3,(H,24,29)(H,25,30). The van der Waals surface area contributed by atoms with E-state index in [1.165, 1.54) is 12.1 Å². The molecule has 2 aromatic rings. The van der Waals surface area contributed by atoms with Gasteiger partial charge in [-0.05, 0) is 56.6 Å². The highest BCUT2D eigenvalue weighted by atomic mass is 19.1. The second kappa shape index (κ2) is 9.38. The Balaban J connectivity index is 1.99. The minimum Gasteiger partial charge on any atom is -0.357 e. The van der Waals surface area contributed by atoms with Gasteiger partial charge in [0.15, 0.2) is 5.69 Å². The van der Waals surface area contributed by atoms with Crippen LogP contribution in [0.3, 0.4) is 0 Å². The Morgan fingerprint density at radius 3 is 2.53 bits per heavy atom. The average Bonchev–Trinajstić information content (AvgIpc) is 2.93. The van der Waals surface area contributed by atoms with Crippen LogP contribution in [0, 0.1) is 11.7 Å². The molecule has 1 aliphatic heterocycles. The first kappa shape index (κ1) is 22.0. The van der Waals surface area contributed by atoms with Gasteiger partial charge < -0.3 is 20.1 Å². The van der Waals surface area contributed by atoms with Crippen molar-refractivity contribution in [3.8, 4) is 11.4 Å². The number of benzene rings is 1. The monoisotopic (exact) mass is 415 g/mol. The molecule has 3 rings (SSSR count). The number of hydrogen-bond donors (Lipinski definition) is 2. The second-order valence-electron chi connectivity index (χ2n) is 8.25. The summed E-state index contributed by atoms with van der Waals surface area (Å²) in [6, 6.07) is 5.51. The van der Waals surface area contributed by atoms with E-state index in [9.17, 15) is 14.0 Å². The third-order valence-corrected chi connectivity index (χ3v) is 5.31. The second-order valence-corrected chi connectivity index (χ2v) is 8.25. The van der Waals surface area contributed by atoms with E-state index in [0.29, 0.717) is 24.5 Å². The van der Waals surface area contributed by atoms with Gasteiger partial charge in [-0.15, -0.1) is 0 Å². The fourth-order valence-corrected chi connectivity index (χ4v) is 3.83. The molecule has 162 valence electrons. The molecule has 2 heterocycles. The lowest BCUT2D eigenvalue weighted by Gasteiger charge is -2.19. The number of carbonyl (C=O) groups is 2. The molecule has 0 aliphatic carbocycles. The maximum Gasteiger partial charge on any atom is 0.272 e. The third-order valence-electron chi connectivity index (χ3n) is 5.31. The number of imidazole rings is 1. The van der Waals surface area contributed by atoms with Crippen LogP contribution in [0.1, 0.15) is 42.9 Å². The molecule has 7 nitrogen and oxygen atoms in total. The number of rotatable bonds is 6. The first-order valence-electron chi connectivity index (χ1n) is 10.4. The number of nitrogens with zero attached hydrogens (tertiary/aromatic N) is 3. The molecule has 2 amide bonds. The van der Waals surface area contributed by atoms with Gasteiger partial charge in [0.1, 0.15) is 17.7 Å². The highest BCUT2D eigenvalue weighted by molar-refractivity contribution is 5.97. The van der Waals surface area contributed by atoms with Gasteiger partial charge in [0, 0.05) is 25.7 Å². The molecular formula is C22H30FN5O2. The summed E-state index contributed by atoms with van der Waals surface area (Å²) in [4.78, 5) is 32.3. The highest BCUT2D eigenvalue weighted by Crippen LogP contribution is 2.26. The van der Waals surface area contributed by atoms with Crippen molar-refractivity contribution in [2.75, 3.05) is 20.6 Å². The normalized spacial score (nSPS) is 15.4. The summed E-state index contributed by atoms with van der Waals surface area (Å²) in [5, 5.41) is 5.49. The van der Waals surface area contributed by atoms with E-state index in [-0.39, 0.29) is 23.5 Å². The fraction of sp³-hybridized carbons (Fsp3) is 0.500. The molecule has 0 fully saturated rings. The van der Waals surface area contributed by atoms with E-state index >= 15 is 0 Å². The number of likely N-dealkylation sites (N-methyl/N-ethyl adjacent to an activating group) is 1. The Hall–Kier alpha value is -2.74. The SMILES string of the molecule is CNC(=O)C(CC(C)C)NC(=O)c1nc(-c2ccc(F)cc2)n2c1CN(C)CCC2. The van der Waals surface area contributed by atoms with Crippen molar-refractivity contribution in [2.24, 2.45) is 5.92 Å². The molecule has 0 saturated heterocycles. The van der Waals surface area contributed by atoms with E-state index in [1.807, 2.05) is 25.5 Å². The first-order valence-corrected chi connectivity index (χ1v) is 10.4. The lowest BCUT2D eigenvalue weighted by Crippen LogP contribution is -2.46. The average molecular weight is 416 g/mol. The number of aromatic nitrogens is 2. The highest BCUT2D eigenvalue weighted by Gasteiger charge is 2.28. The molecule has 0 saturated carbocycles. The van der Waals surface area contributed by atoms with Crippen LogP contribution in [-0.4, -0.2) is 52.9 Å². The van der Waals surface area contributed by atoms with Gasteiger partial charge in [0.05, 0.1) is 5.69 Å².